The SMILES string of the molecule is CC(=O)Nc1nc(/C=C\c2ccc(C#N)cc2)cs1. The first-order valence-electron chi connectivity index (χ1n) is 5.59. The minimum Gasteiger partial charge on any atom is -0.302 e. The summed E-state index contributed by atoms with van der Waals surface area (Å²) in [5.41, 5.74) is 2.42. The van der Waals surface area contributed by atoms with Crippen LogP contribution in [0.3, 0.4) is 0 Å². The molecule has 0 spiro atoms. The third-order valence-corrected chi connectivity index (χ3v) is 3.07. The summed E-state index contributed by atoms with van der Waals surface area (Å²) in [6.45, 7) is 1.45. The van der Waals surface area contributed by atoms with Crippen molar-refractivity contribution in [3.63, 3.8) is 0 Å². The molecule has 5 heteroatoms. The number of nitrogens with zero attached hydrogens (tertiary/aromatic N) is 2. The van der Waals surface area contributed by atoms with Gasteiger partial charge in [0.25, 0.3) is 0 Å². The molecular weight excluding hydrogens is 258 g/mol. The van der Waals surface area contributed by atoms with Crippen LogP contribution in [0.2, 0.25) is 0 Å². The molecule has 2 rings (SSSR count). The predicted octanol–water partition coefficient (Wildman–Crippen LogP) is 3.14. The van der Waals surface area contributed by atoms with Gasteiger partial charge in [-0.05, 0) is 23.8 Å². The van der Waals surface area contributed by atoms with E-state index in [0.29, 0.717) is 10.7 Å². The molecule has 94 valence electrons. The van der Waals surface area contributed by atoms with Crippen molar-refractivity contribution in [3.8, 4) is 6.07 Å². The number of carbonyl (C=O) groups excluding carboxylic acids is 1. The van der Waals surface area contributed by atoms with Gasteiger partial charge in [0.1, 0.15) is 0 Å². The number of anilines is 1. The van der Waals surface area contributed by atoms with E-state index in [1.54, 1.807) is 12.1 Å². The first-order valence-corrected chi connectivity index (χ1v) is 6.47. The number of nitriles is 1. The van der Waals surface area contributed by atoms with E-state index in [1.807, 2.05) is 29.7 Å². The van der Waals surface area contributed by atoms with E-state index in [-0.39, 0.29) is 5.91 Å². The fourth-order valence-electron chi connectivity index (χ4n) is 1.42. The van der Waals surface area contributed by atoms with Crippen molar-refractivity contribution < 1.29 is 4.79 Å². The summed E-state index contributed by atoms with van der Waals surface area (Å²) in [5.74, 6) is -0.128. The quantitative estimate of drug-likeness (QED) is 0.930. The van der Waals surface area contributed by atoms with Crippen LogP contribution in [-0.4, -0.2) is 10.9 Å². The van der Waals surface area contributed by atoms with Crippen LogP contribution in [0.25, 0.3) is 12.2 Å². The Morgan fingerprint density at radius 3 is 2.74 bits per heavy atom. The Morgan fingerprint density at radius 1 is 1.37 bits per heavy atom. The molecule has 0 aliphatic rings. The number of carbonyl (C=O) groups is 1. The summed E-state index contributed by atoms with van der Waals surface area (Å²) in [6, 6.07) is 9.35. The van der Waals surface area contributed by atoms with E-state index >= 15 is 0 Å². The van der Waals surface area contributed by atoms with Crippen molar-refractivity contribution in [3.05, 3.63) is 46.5 Å². The molecule has 0 aliphatic heterocycles. The van der Waals surface area contributed by atoms with Crippen LogP contribution in [0.5, 0.6) is 0 Å². The lowest BCUT2D eigenvalue weighted by molar-refractivity contribution is -0.114. The lowest BCUT2D eigenvalue weighted by atomic mass is 10.1. The van der Waals surface area contributed by atoms with Gasteiger partial charge in [-0.15, -0.1) is 11.3 Å². The van der Waals surface area contributed by atoms with Crippen molar-refractivity contribution in [2.24, 2.45) is 0 Å². The summed E-state index contributed by atoms with van der Waals surface area (Å²) < 4.78 is 0. The Labute approximate surface area is 115 Å². The molecule has 0 fully saturated rings. The highest BCUT2D eigenvalue weighted by atomic mass is 32.1. The second-order valence-corrected chi connectivity index (χ2v) is 4.68. The Hall–Kier alpha value is -2.45. The van der Waals surface area contributed by atoms with Gasteiger partial charge >= 0.3 is 0 Å². The maximum atomic E-state index is 10.9. The maximum absolute atomic E-state index is 10.9. The first-order chi connectivity index (χ1) is 9.17. The lowest BCUT2D eigenvalue weighted by Crippen LogP contribution is -2.04. The van der Waals surface area contributed by atoms with Gasteiger partial charge in [-0.3, -0.25) is 4.79 Å². The Bertz CT molecular complexity index is 650. The van der Waals surface area contributed by atoms with E-state index in [4.69, 9.17) is 5.26 Å². The number of thiazole rings is 1. The number of rotatable bonds is 3. The Balaban J connectivity index is 2.07. The zero-order valence-electron chi connectivity index (χ0n) is 10.3. The van der Waals surface area contributed by atoms with Gasteiger partial charge in [-0.2, -0.15) is 5.26 Å². The molecule has 1 aromatic heterocycles. The second kappa shape index (κ2) is 5.94. The zero-order chi connectivity index (χ0) is 13.7. The molecule has 4 nitrogen and oxygen atoms in total. The molecule has 1 amide bonds. The Kier molecular flexibility index (Phi) is 4.06. The lowest BCUT2D eigenvalue weighted by Gasteiger charge is -1.93. The summed E-state index contributed by atoms with van der Waals surface area (Å²) in [5, 5.41) is 13.8. The molecule has 0 radical (unpaired) electrons. The van der Waals surface area contributed by atoms with Gasteiger partial charge in [0.15, 0.2) is 5.13 Å². The second-order valence-electron chi connectivity index (χ2n) is 3.83. The van der Waals surface area contributed by atoms with Crippen LogP contribution >= 0.6 is 11.3 Å². The Morgan fingerprint density at radius 2 is 2.11 bits per heavy atom. The number of benzene rings is 1. The van der Waals surface area contributed by atoms with Crippen LogP contribution in [0, 0.1) is 11.3 Å². The normalized spacial score (nSPS) is 10.3. The topological polar surface area (TPSA) is 65.8 Å². The predicted molar refractivity (Wildman–Crippen MR) is 76.5 cm³/mol. The van der Waals surface area contributed by atoms with Gasteiger partial charge in [-0.1, -0.05) is 18.2 Å². The number of aromatic nitrogens is 1. The fraction of sp³-hybridized carbons (Fsp3) is 0.0714. The molecule has 0 saturated heterocycles. The largest absolute Gasteiger partial charge is 0.302 e. The first kappa shape index (κ1) is 13.0. The third-order valence-electron chi connectivity index (χ3n) is 2.29. The van der Waals surface area contributed by atoms with Crippen molar-refractivity contribution in [2.45, 2.75) is 6.92 Å². The number of nitrogens with one attached hydrogen (secondary N) is 1. The number of hydrogen-bond donors (Lipinski definition) is 1. The van der Waals surface area contributed by atoms with Crippen LogP contribution in [0.15, 0.2) is 29.6 Å². The average Bonchev–Trinajstić information content (AvgIpc) is 2.84. The minimum absolute atomic E-state index is 0.128. The summed E-state index contributed by atoms with van der Waals surface area (Å²) in [7, 11) is 0. The molecule has 0 aliphatic carbocycles. The van der Waals surface area contributed by atoms with Gasteiger partial charge < -0.3 is 5.32 Å². The fourth-order valence-corrected chi connectivity index (χ4v) is 2.15. The smallest absolute Gasteiger partial charge is 0.223 e. The van der Waals surface area contributed by atoms with Gasteiger partial charge in [0.2, 0.25) is 5.91 Å². The van der Waals surface area contributed by atoms with Gasteiger partial charge in [0, 0.05) is 12.3 Å². The average molecular weight is 269 g/mol. The van der Waals surface area contributed by atoms with E-state index < -0.39 is 0 Å². The van der Waals surface area contributed by atoms with Crippen molar-refractivity contribution in [2.75, 3.05) is 5.32 Å². The summed E-state index contributed by atoms with van der Waals surface area (Å²) >= 11 is 1.38. The highest BCUT2D eigenvalue weighted by Gasteiger charge is 2.00. The van der Waals surface area contributed by atoms with Gasteiger partial charge in [0.05, 0.1) is 17.3 Å². The van der Waals surface area contributed by atoms with E-state index in [0.717, 1.165) is 11.3 Å². The van der Waals surface area contributed by atoms with Crippen molar-refractivity contribution in [1.82, 2.24) is 4.98 Å². The highest BCUT2D eigenvalue weighted by Crippen LogP contribution is 2.17. The van der Waals surface area contributed by atoms with E-state index in [9.17, 15) is 4.79 Å². The minimum atomic E-state index is -0.128. The van der Waals surface area contributed by atoms with Crippen LogP contribution < -0.4 is 5.32 Å². The number of hydrogen-bond acceptors (Lipinski definition) is 4. The van der Waals surface area contributed by atoms with Crippen LogP contribution in [0.1, 0.15) is 23.7 Å². The van der Waals surface area contributed by atoms with Crippen molar-refractivity contribution >= 4 is 34.5 Å². The van der Waals surface area contributed by atoms with Gasteiger partial charge in [-0.25, -0.2) is 4.98 Å². The van der Waals surface area contributed by atoms with E-state index in [1.165, 1.54) is 18.3 Å². The molecule has 1 aromatic carbocycles. The number of amides is 1. The van der Waals surface area contributed by atoms with Crippen LogP contribution in [-0.2, 0) is 4.79 Å². The molecule has 0 bridgehead atoms. The maximum Gasteiger partial charge on any atom is 0.223 e. The van der Waals surface area contributed by atoms with E-state index in [2.05, 4.69) is 16.4 Å². The molecule has 0 unspecified atom stereocenters. The third kappa shape index (κ3) is 3.76. The monoisotopic (exact) mass is 269 g/mol. The molecule has 1 N–H and O–H groups in total. The molecule has 19 heavy (non-hydrogen) atoms. The molecule has 0 atom stereocenters. The molecular formula is C14H11N3OS. The highest BCUT2D eigenvalue weighted by molar-refractivity contribution is 7.14. The molecule has 0 saturated carbocycles. The summed E-state index contributed by atoms with van der Waals surface area (Å²) in [6.07, 6.45) is 3.77. The van der Waals surface area contributed by atoms with Crippen LogP contribution in [0.4, 0.5) is 5.13 Å². The molecule has 2 aromatic rings. The molecule has 1 heterocycles. The van der Waals surface area contributed by atoms with Crippen molar-refractivity contribution in [1.29, 1.82) is 5.26 Å². The summed E-state index contributed by atoms with van der Waals surface area (Å²) in [4.78, 5) is 15.1. The zero-order valence-corrected chi connectivity index (χ0v) is 11.1. The standard InChI is InChI=1S/C14H11N3OS/c1-10(18)16-14-17-13(9-19-14)7-6-11-2-4-12(8-15)5-3-11/h2-7,9H,1H3,(H,16,17,18)/b7-6-.